The van der Waals surface area contributed by atoms with E-state index in [1.807, 2.05) is 31.2 Å². The molecule has 1 aromatic carbocycles. The highest BCUT2D eigenvalue weighted by Crippen LogP contribution is 2.19. The van der Waals surface area contributed by atoms with Crippen LogP contribution in [0, 0.1) is 0 Å². The van der Waals surface area contributed by atoms with Crippen LogP contribution in [0.3, 0.4) is 0 Å². The van der Waals surface area contributed by atoms with E-state index in [9.17, 15) is 0 Å². The number of halogens is 2. The van der Waals surface area contributed by atoms with Gasteiger partial charge in [0.15, 0.2) is 0 Å². The fourth-order valence-corrected chi connectivity index (χ4v) is 3.78. The van der Waals surface area contributed by atoms with E-state index in [0.29, 0.717) is 6.54 Å². The van der Waals surface area contributed by atoms with Crippen molar-refractivity contribution >= 4 is 23.2 Å². The Labute approximate surface area is 219 Å². The molecule has 0 aliphatic rings. The van der Waals surface area contributed by atoms with Crippen molar-refractivity contribution in [2.75, 3.05) is 13.1 Å². The molecule has 0 bridgehead atoms. The smallest absolute Gasteiger partial charge is 0.109 e. The highest BCUT2D eigenvalue weighted by Gasteiger charge is 2.14. The molecular formula is C28H46Cl2N4. The van der Waals surface area contributed by atoms with E-state index >= 15 is 0 Å². The summed E-state index contributed by atoms with van der Waals surface area (Å²) in [7, 11) is 0. The molecule has 1 unspecified atom stereocenters. The van der Waals surface area contributed by atoms with E-state index in [1.54, 1.807) is 6.20 Å². The van der Waals surface area contributed by atoms with Crippen molar-refractivity contribution in [2.45, 2.75) is 78.8 Å². The first-order valence-electron chi connectivity index (χ1n) is 11.9. The number of rotatable bonds is 18. The first-order valence-corrected chi connectivity index (χ1v) is 12.7. The molecule has 0 saturated carbocycles. The van der Waals surface area contributed by atoms with Crippen molar-refractivity contribution in [2.24, 2.45) is 0 Å². The van der Waals surface area contributed by atoms with Crippen LogP contribution in [0.2, 0.25) is 5.02 Å². The van der Waals surface area contributed by atoms with Gasteiger partial charge in [0.2, 0.25) is 0 Å². The molecule has 1 atom stereocenters. The molecule has 192 valence electrons. The van der Waals surface area contributed by atoms with Crippen molar-refractivity contribution < 1.29 is 0 Å². The van der Waals surface area contributed by atoms with Gasteiger partial charge < -0.3 is 20.9 Å². The van der Waals surface area contributed by atoms with Gasteiger partial charge in [0.1, 0.15) is 5.82 Å². The molecule has 3 N–H and O–H groups in total. The first kappa shape index (κ1) is 32.0. The van der Waals surface area contributed by atoms with Crippen LogP contribution in [-0.4, -0.2) is 23.5 Å². The quantitative estimate of drug-likeness (QED) is 0.0814. The number of hydrogen-bond acceptors (Lipinski definition) is 4. The van der Waals surface area contributed by atoms with Crippen molar-refractivity contribution in [1.29, 1.82) is 0 Å². The zero-order valence-electron chi connectivity index (χ0n) is 20.7. The number of alkyl halides is 1. The normalized spacial score (nSPS) is 12.0. The molecule has 0 spiro atoms. The summed E-state index contributed by atoms with van der Waals surface area (Å²) in [4.78, 5) is 2.39. The maximum atomic E-state index is 6.24. The molecule has 0 radical (unpaired) electrons. The Bertz CT molecular complexity index is 786. The number of nitrogens with zero attached hydrogens (tertiary/aromatic N) is 1. The van der Waals surface area contributed by atoms with E-state index < -0.39 is 0 Å². The standard InChI is InChI=1S/C27H42Cl2N4.CH4/c1-7-9-13-18-33(23(5)22(4)27(30-8-2)32-24(6)28)19-14-12-15-21(3)31-20-25-16-10-11-17-26(25)29;/h8,10-11,16-17,24,30-32H,2-3,5,7,9,12-15,18-20H2,1,4,6H3;1H4/b27-22+;. The predicted molar refractivity (Wildman–Crippen MR) is 153 cm³/mol. The lowest BCUT2D eigenvalue weighted by Gasteiger charge is -2.29. The SMILES string of the molecule is C.C=CN/C(NC(C)Cl)=C(/C)C(=C)N(CCCCC)CCCCC(=C)NCc1ccccc1Cl. The number of allylic oxidation sites excluding steroid dienone is 2. The molecular weight excluding hydrogens is 463 g/mol. The van der Waals surface area contributed by atoms with Gasteiger partial charge in [-0.05, 0) is 57.4 Å². The molecule has 0 fully saturated rings. The Hall–Kier alpha value is -2.04. The van der Waals surface area contributed by atoms with Gasteiger partial charge >= 0.3 is 0 Å². The predicted octanol–water partition coefficient (Wildman–Crippen LogP) is 7.89. The van der Waals surface area contributed by atoms with Crippen molar-refractivity contribution in [3.63, 3.8) is 0 Å². The fourth-order valence-electron chi connectivity index (χ4n) is 3.47. The van der Waals surface area contributed by atoms with Crippen LogP contribution in [0.25, 0.3) is 0 Å². The zero-order valence-corrected chi connectivity index (χ0v) is 22.2. The highest BCUT2D eigenvalue weighted by molar-refractivity contribution is 6.31. The van der Waals surface area contributed by atoms with Gasteiger partial charge in [-0.3, -0.25) is 0 Å². The maximum Gasteiger partial charge on any atom is 0.109 e. The van der Waals surface area contributed by atoms with Crippen LogP contribution in [-0.2, 0) is 6.54 Å². The third-order valence-electron chi connectivity index (χ3n) is 5.45. The molecule has 0 amide bonds. The Balaban J connectivity index is 0.0000109. The van der Waals surface area contributed by atoms with Crippen LogP contribution in [0.1, 0.15) is 72.3 Å². The summed E-state index contributed by atoms with van der Waals surface area (Å²) in [6.07, 6.45) is 8.27. The second-order valence-corrected chi connectivity index (χ2v) is 9.32. The topological polar surface area (TPSA) is 39.3 Å². The van der Waals surface area contributed by atoms with Gasteiger partial charge in [0.25, 0.3) is 0 Å². The summed E-state index contributed by atoms with van der Waals surface area (Å²) in [6, 6.07) is 7.90. The van der Waals surface area contributed by atoms with E-state index in [0.717, 1.165) is 72.1 Å². The van der Waals surface area contributed by atoms with Crippen LogP contribution in [0.4, 0.5) is 0 Å². The summed E-state index contributed by atoms with van der Waals surface area (Å²) >= 11 is 12.4. The van der Waals surface area contributed by atoms with Crippen molar-refractivity contribution in [3.8, 4) is 0 Å². The fraction of sp³-hybridized carbons (Fsp3) is 0.500. The minimum absolute atomic E-state index is 0. The zero-order chi connectivity index (χ0) is 24.6. The highest BCUT2D eigenvalue weighted by atomic mass is 35.5. The van der Waals surface area contributed by atoms with Gasteiger partial charge in [-0.25, -0.2) is 0 Å². The molecule has 4 nitrogen and oxygen atoms in total. The number of unbranched alkanes of at least 4 members (excludes halogenated alkanes) is 3. The van der Waals surface area contributed by atoms with Gasteiger partial charge in [-0.2, -0.15) is 0 Å². The molecule has 34 heavy (non-hydrogen) atoms. The molecule has 1 rings (SSSR count). The van der Waals surface area contributed by atoms with Crippen LogP contribution >= 0.6 is 23.2 Å². The largest absolute Gasteiger partial charge is 0.385 e. The van der Waals surface area contributed by atoms with Crippen LogP contribution in [0.15, 0.2) is 73.0 Å². The summed E-state index contributed by atoms with van der Waals surface area (Å²) in [5, 5.41) is 10.6. The lowest BCUT2D eigenvalue weighted by molar-refractivity contribution is 0.331. The second-order valence-electron chi connectivity index (χ2n) is 8.26. The van der Waals surface area contributed by atoms with Gasteiger partial charge in [0.05, 0.1) is 5.50 Å². The molecule has 0 aliphatic carbocycles. The molecule has 0 heterocycles. The van der Waals surface area contributed by atoms with Gasteiger partial charge in [0, 0.05) is 41.6 Å². The monoisotopic (exact) mass is 508 g/mol. The summed E-state index contributed by atoms with van der Waals surface area (Å²) in [5.74, 6) is 0.843. The Kier molecular flexibility index (Phi) is 17.2. The maximum absolute atomic E-state index is 6.24. The first-order chi connectivity index (χ1) is 15.8. The summed E-state index contributed by atoms with van der Waals surface area (Å²) in [5.41, 5.74) is 3.98. The Morgan fingerprint density at radius 1 is 1.12 bits per heavy atom. The van der Waals surface area contributed by atoms with Gasteiger partial charge in [-0.15, -0.1) is 0 Å². The van der Waals surface area contributed by atoms with E-state index in [4.69, 9.17) is 23.2 Å². The Morgan fingerprint density at radius 3 is 2.35 bits per heavy atom. The van der Waals surface area contributed by atoms with Crippen molar-refractivity contribution in [1.82, 2.24) is 20.9 Å². The molecule has 6 heteroatoms. The van der Waals surface area contributed by atoms with Crippen LogP contribution < -0.4 is 16.0 Å². The Morgan fingerprint density at radius 2 is 1.76 bits per heavy atom. The third kappa shape index (κ3) is 12.4. The number of benzene rings is 1. The molecule has 0 aliphatic heterocycles. The van der Waals surface area contributed by atoms with E-state index in [2.05, 4.69) is 54.4 Å². The van der Waals surface area contributed by atoms with Crippen molar-refractivity contribution in [3.05, 3.63) is 83.6 Å². The third-order valence-corrected chi connectivity index (χ3v) is 5.93. The molecule has 1 aromatic rings. The minimum atomic E-state index is -0.201. The summed E-state index contributed by atoms with van der Waals surface area (Å²) in [6.45, 7) is 21.2. The van der Waals surface area contributed by atoms with Gasteiger partial charge in [-0.1, -0.05) is 88.3 Å². The van der Waals surface area contributed by atoms with E-state index in [-0.39, 0.29) is 12.9 Å². The minimum Gasteiger partial charge on any atom is -0.385 e. The lowest BCUT2D eigenvalue weighted by atomic mass is 10.1. The average molecular weight is 510 g/mol. The molecule has 0 saturated heterocycles. The average Bonchev–Trinajstić information content (AvgIpc) is 2.78. The van der Waals surface area contributed by atoms with Crippen LogP contribution in [0.5, 0.6) is 0 Å². The second kappa shape index (κ2) is 18.3. The lowest BCUT2D eigenvalue weighted by Crippen LogP contribution is -2.32. The van der Waals surface area contributed by atoms with E-state index in [1.165, 1.54) is 12.8 Å². The molecule has 0 aromatic heterocycles. The number of nitrogens with one attached hydrogen (secondary N) is 3. The number of hydrogen-bond donors (Lipinski definition) is 3. The summed E-state index contributed by atoms with van der Waals surface area (Å²) < 4.78 is 0.